The van der Waals surface area contributed by atoms with Gasteiger partial charge in [-0.25, -0.2) is 15.0 Å². The Morgan fingerprint density at radius 1 is 0.333 bits per heavy atom. The lowest BCUT2D eigenvalue weighted by Crippen LogP contribution is -2.00. The molecule has 3 heteroatoms. The summed E-state index contributed by atoms with van der Waals surface area (Å²) in [5, 5.41) is -0.444. The Balaban J connectivity index is 1.35. The second-order valence-electron chi connectivity index (χ2n) is 10.4. The monoisotopic (exact) mass is 632 g/mol. The molecule has 0 bridgehead atoms. The molecule has 9 rings (SSSR count). The Labute approximate surface area is 308 Å². The van der Waals surface area contributed by atoms with E-state index < -0.39 is 193 Å². The lowest BCUT2D eigenvalue weighted by atomic mass is 9.96. The number of fused-ring (bicyclic) bond motifs is 3. The largest absolute Gasteiger partial charge is 0.208 e. The van der Waals surface area contributed by atoms with Gasteiger partial charge in [0.2, 0.25) is 0 Å². The average Bonchev–Trinajstić information content (AvgIpc) is 3.32. The normalized spacial score (nSPS) is 17.5. The van der Waals surface area contributed by atoms with Crippen molar-refractivity contribution in [2.75, 3.05) is 0 Å². The molecule has 0 atom stereocenters. The van der Waals surface area contributed by atoms with Crippen LogP contribution in [0.15, 0.2) is 175 Å². The van der Waals surface area contributed by atoms with Crippen LogP contribution in [-0.4, -0.2) is 15.0 Å². The van der Waals surface area contributed by atoms with Gasteiger partial charge in [-0.2, -0.15) is 0 Å². The van der Waals surface area contributed by atoms with E-state index in [0.29, 0.717) is 10.9 Å². The summed E-state index contributed by atoms with van der Waals surface area (Å²) in [7, 11) is 0. The van der Waals surface area contributed by atoms with Crippen LogP contribution in [0.5, 0.6) is 0 Å². The summed E-state index contributed by atoms with van der Waals surface area (Å²) in [6.45, 7) is 0. The lowest BCUT2D eigenvalue weighted by Gasteiger charge is -2.12. The van der Waals surface area contributed by atoms with Crippen molar-refractivity contribution in [3.05, 3.63) is 175 Å². The van der Waals surface area contributed by atoms with Crippen LogP contribution in [0.25, 0.3) is 88.7 Å². The fourth-order valence-corrected chi connectivity index (χ4v) is 5.23. The van der Waals surface area contributed by atoms with Gasteiger partial charge < -0.3 is 0 Å². The van der Waals surface area contributed by atoms with E-state index in [0.717, 1.165) is 11.5 Å². The van der Waals surface area contributed by atoms with Crippen LogP contribution in [0, 0.1) is 0 Å². The molecule has 0 aliphatic rings. The van der Waals surface area contributed by atoms with Crippen molar-refractivity contribution in [2.45, 2.75) is 0 Å². The highest BCUT2D eigenvalue weighted by molar-refractivity contribution is 5.97. The second-order valence-corrected chi connectivity index (χ2v) is 10.4. The Kier molecular flexibility index (Phi) is 3.35. The van der Waals surface area contributed by atoms with Gasteiger partial charge in [0.1, 0.15) is 0 Å². The van der Waals surface area contributed by atoms with Gasteiger partial charge in [-0.1, -0.05) is 163 Å². The molecule has 1 heterocycles. The van der Waals surface area contributed by atoms with E-state index in [9.17, 15) is 8.22 Å². The summed E-state index contributed by atoms with van der Waals surface area (Å²) in [5.41, 5.74) is -3.01. The third-order valence-corrected chi connectivity index (χ3v) is 7.48. The van der Waals surface area contributed by atoms with Crippen molar-refractivity contribution in [3.63, 3.8) is 0 Å². The maximum Gasteiger partial charge on any atom is 0.164 e. The Hall–Kier alpha value is -6.45. The zero-order chi connectivity index (χ0) is 50.1. The Morgan fingerprint density at radius 2 is 0.979 bits per heavy atom. The number of aromatic nitrogens is 3. The minimum atomic E-state index is -0.896. The first-order chi connectivity index (χ1) is 32.5. The topological polar surface area (TPSA) is 38.7 Å². The SMILES string of the molecule is [2H]c1cc([2H])c(-c2c([2H])c([2H])c(-c3c([2H])c([2H])c([2H])c4c([2H])c([2H])c([2H])c([2H])c34)c([2H])c2[2H])c([2H])c1-c1nc(-c2c([2H])c([2H])c3c([2H])c([2H])c([2H])c([2H])c3c2[2H])nc(-c2cccc3ccccc23)n1. The minimum absolute atomic E-state index is 0.139. The molecule has 0 N–H and O–H groups in total. The van der Waals surface area contributed by atoms with E-state index in [1.165, 1.54) is 0 Å². The van der Waals surface area contributed by atoms with Gasteiger partial charge in [-0.05, 0) is 66.7 Å². The molecule has 3 nitrogen and oxygen atoms in total. The average molecular weight is 633 g/mol. The smallest absolute Gasteiger partial charge is 0.164 e. The highest BCUT2D eigenvalue weighted by Gasteiger charge is 2.15. The van der Waals surface area contributed by atoms with E-state index >= 15 is 0 Å². The highest BCUT2D eigenvalue weighted by Crippen LogP contribution is 2.34. The van der Waals surface area contributed by atoms with Crippen LogP contribution in [0.4, 0.5) is 0 Å². The molecule has 48 heavy (non-hydrogen) atoms. The standard InChI is InChI=1S/C45H29N3/c1-2-13-35-29-38(27-24-30(35)10-1)44-46-43(47-45(48-44)42-21-9-15-33-12-4-6-19-41(33)42)37-17-7-16-36(28-37)31-22-25-34(26-23-31)40-20-8-14-32-11-3-5-18-39(32)40/h1-29H/i1D,2D,3D,5D,8D,10D,11D,13D,14D,16D,17D,18D,20D,22D,23D,24D,25D,26D,27D,28D,29D. The molecular weight excluding hydrogens is 583 g/mol. The van der Waals surface area contributed by atoms with Crippen molar-refractivity contribution >= 4 is 32.3 Å². The number of benzene rings is 8. The molecule has 0 saturated heterocycles. The van der Waals surface area contributed by atoms with Gasteiger partial charge in [0.15, 0.2) is 17.5 Å². The third kappa shape index (κ3) is 5.08. The van der Waals surface area contributed by atoms with Crippen LogP contribution in [0.2, 0.25) is 0 Å². The predicted octanol–water partition coefficient (Wildman–Crippen LogP) is 11.7. The molecule has 0 spiro atoms. The van der Waals surface area contributed by atoms with E-state index in [1.807, 2.05) is 12.1 Å². The van der Waals surface area contributed by atoms with Gasteiger partial charge in [0.05, 0.1) is 28.8 Å². The summed E-state index contributed by atoms with van der Waals surface area (Å²) in [4.78, 5) is 13.8. The summed E-state index contributed by atoms with van der Waals surface area (Å²) in [6.07, 6.45) is 0. The van der Waals surface area contributed by atoms with Gasteiger partial charge in [0, 0.05) is 16.7 Å². The van der Waals surface area contributed by atoms with Gasteiger partial charge in [-0.15, -0.1) is 0 Å². The van der Waals surface area contributed by atoms with E-state index in [2.05, 4.69) is 15.0 Å². The Morgan fingerprint density at radius 3 is 1.85 bits per heavy atom. The first kappa shape index (κ1) is 13.7. The maximum atomic E-state index is 9.57. The van der Waals surface area contributed by atoms with Crippen LogP contribution in [-0.2, 0) is 0 Å². The van der Waals surface area contributed by atoms with E-state index in [-0.39, 0.29) is 5.82 Å². The van der Waals surface area contributed by atoms with Gasteiger partial charge in [0.25, 0.3) is 0 Å². The molecule has 224 valence electrons. The number of rotatable bonds is 5. The first-order valence-electron chi connectivity index (χ1n) is 25.0. The lowest BCUT2D eigenvalue weighted by molar-refractivity contribution is 1.08. The van der Waals surface area contributed by atoms with Gasteiger partial charge >= 0.3 is 0 Å². The molecule has 0 aliphatic heterocycles. The fraction of sp³-hybridized carbons (Fsp3) is 0. The zero-order valence-electron chi connectivity index (χ0n) is 45.5. The van der Waals surface area contributed by atoms with Crippen LogP contribution >= 0.6 is 0 Å². The van der Waals surface area contributed by atoms with Crippen LogP contribution < -0.4 is 0 Å². The van der Waals surface area contributed by atoms with Crippen molar-refractivity contribution in [2.24, 2.45) is 0 Å². The van der Waals surface area contributed by atoms with Crippen molar-refractivity contribution < 1.29 is 28.8 Å². The summed E-state index contributed by atoms with van der Waals surface area (Å²) in [6, 6.07) is -2.40. The number of hydrogen-bond acceptors (Lipinski definition) is 3. The van der Waals surface area contributed by atoms with E-state index in [1.54, 1.807) is 30.3 Å². The van der Waals surface area contributed by atoms with Crippen molar-refractivity contribution in [1.82, 2.24) is 15.0 Å². The summed E-state index contributed by atoms with van der Waals surface area (Å²) < 4.78 is 185. The molecule has 9 aromatic rings. The fourth-order valence-electron chi connectivity index (χ4n) is 5.23. The molecule has 0 saturated carbocycles. The summed E-state index contributed by atoms with van der Waals surface area (Å²) >= 11 is 0. The number of nitrogens with zero attached hydrogens (tertiary/aromatic N) is 3. The summed E-state index contributed by atoms with van der Waals surface area (Å²) in [5.74, 6) is -1.10. The van der Waals surface area contributed by atoms with Crippen LogP contribution in [0.1, 0.15) is 28.8 Å². The Bertz CT molecular complexity index is 3780. The quantitative estimate of drug-likeness (QED) is 0.189. The molecule has 0 radical (unpaired) electrons. The van der Waals surface area contributed by atoms with Crippen molar-refractivity contribution in [3.8, 4) is 56.4 Å². The molecule has 0 fully saturated rings. The minimum Gasteiger partial charge on any atom is -0.208 e. The molecular formula is C45H29N3. The molecule has 0 unspecified atom stereocenters. The highest BCUT2D eigenvalue weighted by atomic mass is 15.0. The van der Waals surface area contributed by atoms with Crippen molar-refractivity contribution in [1.29, 1.82) is 0 Å². The molecule has 0 aliphatic carbocycles. The number of hydrogen-bond donors (Lipinski definition) is 0. The molecule has 1 aromatic heterocycles. The maximum absolute atomic E-state index is 9.57. The second kappa shape index (κ2) is 11.7. The first-order valence-corrected chi connectivity index (χ1v) is 14.5. The predicted molar refractivity (Wildman–Crippen MR) is 200 cm³/mol. The van der Waals surface area contributed by atoms with Crippen LogP contribution in [0.3, 0.4) is 0 Å². The third-order valence-electron chi connectivity index (χ3n) is 7.48. The zero-order valence-corrected chi connectivity index (χ0v) is 24.5. The molecule has 0 amide bonds. The molecule has 8 aromatic carbocycles. The van der Waals surface area contributed by atoms with E-state index in [4.69, 9.17) is 20.6 Å². The van der Waals surface area contributed by atoms with Gasteiger partial charge in [-0.3, -0.25) is 0 Å².